The van der Waals surface area contributed by atoms with Crippen LogP contribution in [0.1, 0.15) is 26.2 Å². The highest BCUT2D eigenvalue weighted by atomic mass is 16.5. The summed E-state index contributed by atoms with van der Waals surface area (Å²) in [6, 6.07) is 0. The van der Waals surface area contributed by atoms with Crippen molar-refractivity contribution in [1.29, 1.82) is 0 Å². The molecule has 102 valence electrons. The number of hydrogen-bond donors (Lipinski definition) is 1. The quantitative estimate of drug-likeness (QED) is 0.776. The molecule has 1 fully saturated rings. The third-order valence-corrected chi connectivity index (χ3v) is 4.04. The normalized spacial score (nSPS) is 33.5. The van der Waals surface area contributed by atoms with E-state index in [0.29, 0.717) is 12.5 Å². The number of carbonyl (C=O) groups is 1. The summed E-state index contributed by atoms with van der Waals surface area (Å²) in [7, 11) is 0. The minimum absolute atomic E-state index is 0.122. The number of aliphatic carboxylic acids is 1. The molecule has 2 aliphatic rings. The highest BCUT2D eigenvalue weighted by molar-refractivity contribution is 5.67. The summed E-state index contributed by atoms with van der Waals surface area (Å²) in [6.07, 6.45) is 6.87. The van der Waals surface area contributed by atoms with Crippen LogP contribution in [0.5, 0.6) is 0 Å². The van der Waals surface area contributed by atoms with Crippen LogP contribution in [0.15, 0.2) is 12.2 Å². The van der Waals surface area contributed by atoms with E-state index in [-0.39, 0.29) is 12.5 Å². The van der Waals surface area contributed by atoms with Gasteiger partial charge in [0.2, 0.25) is 0 Å². The first-order valence-electron chi connectivity index (χ1n) is 6.86. The van der Waals surface area contributed by atoms with E-state index in [4.69, 9.17) is 9.84 Å². The molecule has 3 unspecified atom stereocenters. The SMILES string of the molecule is CC1CC=CCC1CN1CCOC(CC(=O)O)C1. The van der Waals surface area contributed by atoms with E-state index in [2.05, 4.69) is 24.0 Å². The molecule has 0 bridgehead atoms. The van der Waals surface area contributed by atoms with Crippen LogP contribution in [-0.2, 0) is 9.53 Å². The largest absolute Gasteiger partial charge is 0.481 e. The Balaban J connectivity index is 1.81. The van der Waals surface area contributed by atoms with E-state index < -0.39 is 5.97 Å². The third kappa shape index (κ3) is 3.82. The molecule has 0 aromatic heterocycles. The van der Waals surface area contributed by atoms with Crippen LogP contribution >= 0.6 is 0 Å². The molecule has 18 heavy (non-hydrogen) atoms. The Morgan fingerprint density at radius 2 is 2.22 bits per heavy atom. The first kappa shape index (κ1) is 13.6. The molecule has 3 atom stereocenters. The molecule has 0 aromatic rings. The number of ether oxygens (including phenoxy) is 1. The van der Waals surface area contributed by atoms with Crippen molar-refractivity contribution in [2.24, 2.45) is 11.8 Å². The van der Waals surface area contributed by atoms with Crippen LogP contribution in [0.4, 0.5) is 0 Å². The topological polar surface area (TPSA) is 49.8 Å². The van der Waals surface area contributed by atoms with Gasteiger partial charge in [0, 0.05) is 19.6 Å². The van der Waals surface area contributed by atoms with Gasteiger partial charge < -0.3 is 9.84 Å². The zero-order chi connectivity index (χ0) is 13.0. The van der Waals surface area contributed by atoms with E-state index in [0.717, 1.165) is 32.0 Å². The average molecular weight is 253 g/mol. The molecule has 0 saturated carbocycles. The van der Waals surface area contributed by atoms with Crippen LogP contribution in [0, 0.1) is 11.8 Å². The van der Waals surface area contributed by atoms with Crippen molar-refractivity contribution in [2.45, 2.75) is 32.3 Å². The molecule has 1 N–H and O–H groups in total. The van der Waals surface area contributed by atoms with Gasteiger partial charge in [-0.3, -0.25) is 9.69 Å². The van der Waals surface area contributed by atoms with Gasteiger partial charge >= 0.3 is 5.97 Å². The van der Waals surface area contributed by atoms with Gasteiger partial charge in [-0.15, -0.1) is 0 Å². The molecule has 1 saturated heterocycles. The second-order valence-corrected chi connectivity index (χ2v) is 5.53. The maximum Gasteiger partial charge on any atom is 0.306 e. The van der Waals surface area contributed by atoms with Crippen LogP contribution < -0.4 is 0 Å². The number of carboxylic acids is 1. The third-order valence-electron chi connectivity index (χ3n) is 4.04. The fourth-order valence-electron chi connectivity index (χ4n) is 2.86. The fourth-order valence-corrected chi connectivity index (χ4v) is 2.86. The Labute approximate surface area is 109 Å². The maximum absolute atomic E-state index is 10.7. The smallest absolute Gasteiger partial charge is 0.306 e. The Morgan fingerprint density at radius 3 is 2.94 bits per heavy atom. The number of allylic oxidation sites excluding steroid dienone is 2. The molecule has 1 aliphatic heterocycles. The lowest BCUT2D eigenvalue weighted by molar-refractivity contribution is -0.142. The van der Waals surface area contributed by atoms with Gasteiger partial charge in [-0.05, 0) is 24.7 Å². The van der Waals surface area contributed by atoms with Gasteiger partial charge in [0.05, 0.1) is 19.1 Å². The lowest BCUT2D eigenvalue weighted by atomic mass is 9.84. The minimum Gasteiger partial charge on any atom is -0.481 e. The maximum atomic E-state index is 10.7. The fraction of sp³-hybridized carbons (Fsp3) is 0.786. The molecule has 1 aliphatic carbocycles. The van der Waals surface area contributed by atoms with Gasteiger partial charge in [0.25, 0.3) is 0 Å². The van der Waals surface area contributed by atoms with E-state index in [1.54, 1.807) is 0 Å². The number of morpholine rings is 1. The summed E-state index contributed by atoms with van der Waals surface area (Å²) in [5.41, 5.74) is 0. The molecule has 0 spiro atoms. The molecule has 0 radical (unpaired) electrons. The summed E-state index contributed by atoms with van der Waals surface area (Å²) >= 11 is 0. The summed E-state index contributed by atoms with van der Waals surface area (Å²) in [4.78, 5) is 13.1. The van der Waals surface area contributed by atoms with Gasteiger partial charge in [0.15, 0.2) is 0 Å². The number of nitrogens with zero attached hydrogens (tertiary/aromatic N) is 1. The molecule has 4 nitrogen and oxygen atoms in total. The molecule has 4 heteroatoms. The van der Waals surface area contributed by atoms with Crippen LogP contribution in [0.25, 0.3) is 0 Å². The predicted octanol–water partition coefficient (Wildman–Crippen LogP) is 1.76. The van der Waals surface area contributed by atoms with Gasteiger partial charge in [-0.1, -0.05) is 19.1 Å². The van der Waals surface area contributed by atoms with Crippen molar-refractivity contribution in [3.05, 3.63) is 12.2 Å². The van der Waals surface area contributed by atoms with Gasteiger partial charge in [-0.2, -0.15) is 0 Å². The van der Waals surface area contributed by atoms with Crippen molar-refractivity contribution in [2.75, 3.05) is 26.2 Å². The Morgan fingerprint density at radius 1 is 1.44 bits per heavy atom. The first-order chi connectivity index (χ1) is 8.65. The zero-order valence-electron chi connectivity index (χ0n) is 11.0. The summed E-state index contributed by atoms with van der Waals surface area (Å²) in [5, 5.41) is 8.81. The second kappa shape index (κ2) is 6.34. The standard InChI is InChI=1S/C14H23NO3/c1-11-4-2-3-5-12(11)9-15-6-7-18-13(10-15)8-14(16)17/h2-3,11-13H,4-10H2,1H3,(H,16,17). The van der Waals surface area contributed by atoms with E-state index in [1.165, 1.54) is 6.42 Å². The Kier molecular flexibility index (Phi) is 4.78. The minimum atomic E-state index is -0.768. The van der Waals surface area contributed by atoms with Crippen molar-refractivity contribution >= 4 is 5.97 Å². The highest BCUT2D eigenvalue weighted by Crippen LogP contribution is 2.26. The summed E-state index contributed by atoms with van der Waals surface area (Å²) in [5.74, 6) is 0.671. The number of carboxylic acid groups (broad SMARTS) is 1. The van der Waals surface area contributed by atoms with E-state index in [9.17, 15) is 4.79 Å². The van der Waals surface area contributed by atoms with Crippen molar-refractivity contribution in [3.8, 4) is 0 Å². The van der Waals surface area contributed by atoms with E-state index >= 15 is 0 Å². The Hall–Kier alpha value is -0.870. The van der Waals surface area contributed by atoms with Gasteiger partial charge in [0.1, 0.15) is 0 Å². The van der Waals surface area contributed by atoms with E-state index in [1.807, 2.05) is 0 Å². The average Bonchev–Trinajstić information content (AvgIpc) is 2.32. The summed E-state index contributed by atoms with van der Waals surface area (Å²) < 4.78 is 5.50. The molecule has 1 heterocycles. The van der Waals surface area contributed by atoms with Crippen LogP contribution in [0.2, 0.25) is 0 Å². The van der Waals surface area contributed by atoms with Crippen LogP contribution in [-0.4, -0.2) is 48.3 Å². The molecular weight excluding hydrogens is 230 g/mol. The highest BCUT2D eigenvalue weighted by Gasteiger charge is 2.26. The summed E-state index contributed by atoms with van der Waals surface area (Å²) in [6.45, 7) is 5.74. The second-order valence-electron chi connectivity index (χ2n) is 5.53. The molecular formula is C14H23NO3. The number of hydrogen-bond acceptors (Lipinski definition) is 3. The van der Waals surface area contributed by atoms with Crippen molar-refractivity contribution in [3.63, 3.8) is 0 Å². The lowest BCUT2D eigenvalue weighted by Gasteiger charge is -2.36. The Bertz CT molecular complexity index is 316. The first-order valence-corrected chi connectivity index (χ1v) is 6.86. The molecule has 0 aromatic carbocycles. The van der Waals surface area contributed by atoms with Crippen molar-refractivity contribution in [1.82, 2.24) is 4.90 Å². The monoisotopic (exact) mass is 253 g/mol. The number of rotatable bonds is 4. The lowest BCUT2D eigenvalue weighted by Crippen LogP contribution is -2.46. The molecule has 0 amide bonds. The van der Waals surface area contributed by atoms with Crippen LogP contribution in [0.3, 0.4) is 0 Å². The van der Waals surface area contributed by atoms with Gasteiger partial charge in [-0.25, -0.2) is 0 Å². The zero-order valence-corrected chi connectivity index (χ0v) is 11.0. The van der Waals surface area contributed by atoms with Crippen molar-refractivity contribution < 1.29 is 14.6 Å². The predicted molar refractivity (Wildman–Crippen MR) is 69.5 cm³/mol. The molecule has 2 rings (SSSR count).